The summed E-state index contributed by atoms with van der Waals surface area (Å²) in [5, 5.41) is 14.0. The van der Waals surface area contributed by atoms with Crippen LogP contribution in [0.5, 0.6) is 17.2 Å². The minimum Gasteiger partial charge on any atom is -0.493 e. The van der Waals surface area contributed by atoms with E-state index in [1.54, 1.807) is 35.1 Å². The van der Waals surface area contributed by atoms with E-state index in [0.29, 0.717) is 88.1 Å². The maximum absolute atomic E-state index is 13.8. The van der Waals surface area contributed by atoms with Crippen LogP contribution in [0.3, 0.4) is 0 Å². The van der Waals surface area contributed by atoms with Gasteiger partial charge in [0.15, 0.2) is 11.5 Å². The van der Waals surface area contributed by atoms with Gasteiger partial charge in [-0.05, 0) is 61.1 Å². The summed E-state index contributed by atoms with van der Waals surface area (Å²) in [4.78, 5) is 46.4. The third-order valence-electron chi connectivity index (χ3n) is 10.3. The van der Waals surface area contributed by atoms with Crippen molar-refractivity contribution in [3.8, 4) is 17.2 Å². The Morgan fingerprint density at radius 2 is 1.69 bits per heavy atom. The summed E-state index contributed by atoms with van der Waals surface area (Å²) in [5.41, 5.74) is 0.769. The smallest absolute Gasteiger partial charge is 0.254 e. The van der Waals surface area contributed by atoms with E-state index in [0.717, 1.165) is 31.2 Å². The van der Waals surface area contributed by atoms with Crippen LogP contribution in [0.1, 0.15) is 75.2 Å². The maximum atomic E-state index is 13.8. The topological polar surface area (TPSA) is 121 Å². The van der Waals surface area contributed by atoms with Crippen LogP contribution in [0, 0.1) is 5.92 Å². The van der Waals surface area contributed by atoms with E-state index in [-0.39, 0.29) is 23.6 Å². The van der Waals surface area contributed by atoms with Crippen molar-refractivity contribution in [1.82, 2.24) is 20.0 Å². The molecule has 3 aliphatic rings. The van der Waals surface area contributed by atoms with E-state index < -0.39 is 17.7 Å². The van der Waals surface area contributed by atoms with Gasteiger partial charge in [-0.1, -0.05) is 52.2 Å². The molecule has 11 nitrogen and oxygen atoms in total. The zero-order valence-electron chi connectivity index (χ0n) is 28.9. The van der Waals surface area contributed by atoms with Crippen LogP contribution in [0.15, 0.2) is 42.5 Å². The summed E-state index contributed by atoms with van der Waals surface area (Å²) in [6, 6.07) is 12.2. The summed E-state index contributed by atoms with van der Waals surface area (Å²) in [6.45, 7) is 10.9. The molecule has 0 aliphatic carbocycles. The van der Waals surface area contributed by atoms with Gasteiger partial charge in [-0.25, -0.2) is 0 Å². The second-order valence-corrected chi connectivity index (χ2v) is 13.2. The number of aliphatic hydroxyl groups excluding tert-OH is 1. The standard InChI is InChI=1S/C37H52N4O7/c1-5-8-17-41-35(44)32(33(42)27(6-2)7-3)38-36(45)37(41)15-18-39(19-16-37)25-26-9-12-29(13-10-26)48-30-14-11-28(24-31(30)46-4)34(43)40-20-22-47-23-21-40/h9-14,24,27,32-33,42H,5-8,15-23,25H2,1-4H3,(H,38,45)/t32-,33-/m1/s1. The van der Waals surface area contributed by atoms with Crippen molar-refractivity contribution >= 4 is 17.7 Å². The number of amides is 3. The van der Waals surface area contributed by atoms with Gasteiger partial charge in [-0.2, -0.15) is 0 Å². The highest BCUT2D eigenvalue weighted by Gasteiger charge is 2.55. The van der Waals surface area contributed by atoms with Gasteiger partial charge in [0, 0.05) is 44.8 Å². The van der Waals surface area contributed by atoms with Gasteiger partial charge in [-0.3, -0.25) is 19.3 Å². The summed E-state index contributed by atoms with van der Waals surface area (Å²) < 4.78 is 17.1. The first-order chi connectivity index (χ1) is 23.2. The molecule has 5 rings (SSSR count). The van der Waals surface area contributed by atoms with Gasteiger partial charge in [0.1, 0.15) is 17.3 Å². The van der Waals surface area contributed by atoms with E-state index >= 15 is 0 Å². The molecule has 3 fully saturated rings. The van der Waals surface area contributed by atoms with Crippen LogP contribution in [0.4, 0.5) is 0 Å². The Morgan fingerprint density at radius 3 is 2.31 bits per heavy atom. The number of piperidine rings is 1. The fourth-order valence-corrected chi connectivity index (χ4v) is 7.21. The number of ether oxygens (including phenoxy) is 3. The van der Waals surface area contributed by atoms with E-state index in [1.165, 1.54) is 0 Å². The monoisotopic (exact) mass is 664 g/mol. The number of hydrogen-bond donors (Lipinski definition) is 2. The summed E-state index contributed by atoms with van der Waals surface area (Å²) in [6.07, 6.45) is 3.43. The second-order valence-electron chi connectivity index (χ2n) is 13.2. The molecule has 3 aliphatic heterocycles. The summed E-state index contributed by atoms with van der Waals surface area (Å²) in [5.74, 6) is 1.27. The summed E-state index contributed by atoms with van der Waals surface area (Å²) >= 11 is 0. The number of aliphatic hydroxyl groups is 1. The third kappa shape index (κ3) is 7.63. The number of piperazine rings is 1. The number of morpholine rings is 1. The number of nitrogens with one attached hydrogen (secondary N) is 1. The lowest BCUT2D eigenvalue weighted by atomic mass is 9.79. The van der Waals surface area contributed by atoms with Crippen LogP contribution < -0.4 is 14.8 Å². The van der Waals surface area contributed by atoms with E-state index in [9.17, 15) is 19.5 Å². The SMILES string of the molecule is CCCCN1C(=O)[C@@H]([C@H](O)C(CC)CC)NC(=O)C12CCN(Cc1ccc(Oc3ccc(C(=O)N4CCOCC4)cc3OC)cc1)CC2. The fraction of sp³-hybridized carbons (Fsp3) is 0.595. The van der Waals surface area contributed by atoms with Crippen molar-refractivity contribution in [2.45, 2.75) is 83.5 Å². The normalized spacial score (nSPS) is 20.6. The van der Waals surface area contributed by atoms with Crippen molar-refractivity contribution in [2.75, 3.05) is 53.0 Å². The number of methoxy groups -OCH3 is 1. The van der Waals surface area contributed by atoms with Crippen LogP contribution in [0.2, 0.25) is 0 Å². The number of unbranched alkanes of at least 4 members (excludes halogenated alkanes) is 1. The first-order valence-electron chi connectivity index (χ1n) is 17.6. The lowest BCUT2D eigenvalue weighted by Crippen LogP contribution is -2.75. The molecular weight excluding hydrogens is 612 g/mol. The highest BCUT2D eigenvalue weighted by Crippen LogP contribution is 2.36. The molecule has 0 aromatic heterocycles. The Kier molecular flexibility index (Phi) is 12.0. The van der Waals surface area contributed by atoms with Crippen LogP contribution in [0.25, 0.3) is 0 Å². The van der Waals surface area contributed by atoms with Gasteiger partial charge >= 0.3 is 0 Å². The largest absolute Gasteiger partial charge is 0.493 e. The Bertz CT molecular complexity index is 1400. The molecule has 1 spiro atoms. The number of rotatable bonds is 13. The first-order valence-corrected chi connectivity index (χ1v) is 17.6. The Morgan fingerprint density at radius 1 is 1.00 bits per heavy atom. The van der Waals surface area contributed by atoms with Gasteiger partial charge in [0.05, 0.1) is 26.4 Å². The molecule has 3 saturated heterocycles. The van der Waals surface area contributed by atoms with Gasteiger partial charge in [-0.15, -0.1) is 0 Å². The van der Waals surface area contributed by atoms with E-state index in [2.05, 4.69) is 17.1 Å². The predicted octanol–water partition coefficient (Wildman–Crippen LogP) is 4.22. The number of nitrogens with zero attached hydrogens (tertiary/aromatic N) is 3. The molecule has 2 N–H and O–H groups in total. The minimum atomic E-state index is -0.894. The van der Waals surface area contributed by atoms with Gasteiger partial charge < -0.3 is 34.4 Å². The molecule has 48 heavy (non-hydrogen) atoms. The van der Waals surface area contributed by atoms with E-state index in [1.807, 2.05) is 38.1 Å². The van der Waals surface area contributed by atoms with Gasteiger partial charge in [0.25, 0.3) is 5.91 Å². The molecule has 262 valence electrons. The average molecular weight is 665 g/mol. The zero-order valence-corrected chi connectivity index (χ0v) is 28.9. The van der Waals surface area contributed by atoms with E-state index in [4.69, 9.17) is 14.2 Å². The Hall–Kier alpha value is -3.67. The predicted molar refractivity (Wildman–Crippen MR) is 182 cm³/mol. The summed E-state index contributed by atoms with van der Waals surface area (Å²) in [7, 11) is 1.56. The van der Waals surface area contributed by atoms with Crippen molar-refractivity contribution in [3.05, 3.63) is 53.6 Å². The Balaban J connectivity index is 1.20. The van der Waals surface area contributed by atoms with Crippen molar-refractivity contribution < 1.29 is 33.7 Å². The van der Waals surface area contributed by atoms with Crippen LogP contribution in [-0.4, -0.2) is 108 Å². The fourth-order valence-electron chi connectivity index (χ4n) is 7.21. The molecule has 0 saturated carbocycles. The molecule has 0 bridgehead atoms. The van der Waals surface area contributed by atoms with Crippen molar-refractivity contribution in [1.29, 1.82) is 0 Å². The first kappa shape index (κ1) is 35.6. The molecule has 3 amide bonds. The quantitative estimate of drug-likeness (QED) is 0.327. The highest BCUT2D eigenvalue weighted by atomic mass is 16.5. The number of carbonyl (C=O) groups excluding carboxylic acids is 3. The Labute approximate surface area is 284 Å². The number of carbonyl (C=O) groups is 3. The molecule has 2 atom stereocenters. The lowest BCUT2D eigenvalue weighted by molar-refractivity contribution is -0.165. The molecule has 0 unspecified atom stereocenters. The second kappa shape index (κ2) is 16.2. The number of benzene rings is 2. The van der Waals surface area contributed by atoms with Crippen molar-refractivity contribution in [3.63, 3.8) is 0 Å². The molecule has 3 heterocycles. The zero-order chi connectivity index (χ0) is 34.3. The molecule has 0 radical (unpaired) electrons. The minimum absolute atomic E-state index is 0.0428. The highest BCUT2D eigenvalue weighted by molar-refractivity contribution is 6.00. The van der Waals surface area contributed by atoms with Gasteiger partial charge in [0.2, 0.25) is 11.8 Å². The molecule has 2 aromatic carbocycles. The van der Waals surface area contributed by atoms with Crippen LogP contribution in [-0.2, 0) is 20.9 Å². The lowest BCUT2D eigenvalue weighted by Gasteiger charge is -2.52. The average Bonchev–Trinajstić information content (AvgIpc) is 3.12. The third-order valence-corrected chi connectivity index (χ3v) is 10.3. The molecule has 11 heteroatoms. The number of likely N-dealkylation sites (tertiary alicyclic amines) is 1. The molecular formula is C37H52N4O7. The molecule has 2 aromatic rings. The van der Waals surface area contributed by atoms with Crippen LogP contribution >= 0.6 is 0 Å². The van der Waals surface area contributed by atoms with Crippen molar-refractivity contribution in [2.24, 2.45) is 5.92 Å². The maximum Gasteiger partial charge on any atom is 0.254 e. The number of hydrogen-bond acceptors (Lipinski definition) is 8.